The fourth-order valence-electron chi connectivity index (χ4n) is 2.23. The van der Waals surface area contributed by atoms with Gasteiger partial charge in [-0.2, -0.15) is 0 Å². The molecule has 0 unspecified atom stereocenters. The van der Waals surface area contributed by atoms with Gasteiger partial charge in [-0.05, 0) is 18.1 Å². The molecule has 0 aliphatic rings. The molecule has 1 heterocycles. The first-order chi connectivity index (χ1) is 11.3. The number of carbonyl (C=O) groups excluding carboxylic acids is 3. The van der Waals surface area contributed by atoms with Gasteiger partial charge in [0.2, 0.25) is 0 Å². The average molecular weight is 334 g/mol. The molecule has 0 bridgehead atoms. The first-order valence-electron chi connectivity index (χ1n) is 7.26. The number of urea groups is 1. The average Bonchev–Trinajstić information content (AvgIpc) is 2.85. The number of hydrogen-bond acceptors (Lipinski definition) is 6. The molecule has 2 rings (SSSR count). The molecule has 1 aromatic carbocycles. The number of phenolic OH excluding ortho intramolecular Hbond substituents is 1. The maximum Gasteiger partial charge on any atom is 0.318 e. The number of carbonyl (C=O) groups is 3. The number of rotatable bonds is 5. The third kappa shape index (κ3) is 4.03. The van der Waals surface area contributed by atoms with Crippen molar-refractivity contribution < 1.29 is 28.6 Å². The SMILES string of the molecule is CC(C)[C@@H](OC(=O)Cc1coc2cc(O)ccc12)C(=O)NC(N)=O. The third-order valence-electron chi connectivity index (χ3n) is 3.34. The van der Waals surface area contributed by atoms with Crippen molar-refractivity contribution in [1.29, 1.82) is 0 Å². The Bertz CT molecular complexity index is 780. The molecule has 4 N–H and O–H groups in total. The van der Waals surface area contributed by atoms with Gasteiger partial charge in [0.25, 0.3) is 5.91 Å². The summed E-state index contributed by atoms with van der Waals surface area (Å²) in [6.45, 7) is 3.35. The fourth-order valence-corrected chi connectivity index (χ4v) is 2.23. The third-order valence-corrected chi connectivity index (χ3v) is 3.34. The van der Waals surface area contributed by atoms with Crippen LogP contribution in [-0.4, -0.2) is 29.1 Å². The van der Waals surface area contributed by atoms with E-state index in [1.54, 1.807) is 19.9 Å². The van der Waals surface area contributed by atoms with Crippen molar-refractivity contribution in [3.05, 3.63) is 30.0 Å². The maximum absolute atomic E-state index is 12.1. The number of amides is 3. The van der Waals surface area contributed by atoms with Gasteiger partial charge in [-0.15, -0.1) is 0 Å². The number of imide groups is 1. The molecule has 2 aromatic rings. The highest BCUT2D eigenvalue weighted by Crippen LogP contribution is 2.25. The van der Waals surface area contributed by atoms with Gasteiger partial charge < -0.3 is 20.0 Å². The molecule has 0 radical (unpaired) electrons. The molecular formula is C16H18N2O6. The predicted octanol–water partition coefficient (Wildman–Crippen LogP) is 1.44. The van der Waals surface area contributed by atoms with Crippen LogP contribution in [0.5, 0.6) is 5.75 Å². The number of furan rings is 1. The van der Waals surface area contributed by atoms with E-state index in [-0.39, 0.29) is 18.1 Å². The number of phenols is 1. The largest absolute Gasteiger partial charge is 0.508 e. The van der Waals surface area contributed by atoms with E-state index < -0.39 is 24.0 Å². The number of hydrogen-bond donors (Lipinski definition) is 3. The minimum Gasteiger partial charge on any atom is -0.508 e. The zero-order valence-electron chi connectivity index (χ0n) is 13.2. The molecule has 8 heteroatoms. The Morgan fingerprint density at radius 1 is 1.33 bits per heavy atom. The monoisotopic (exact) mass is 334 g/mol. The second kappa shape index (κ2) is 7.03. The van der Waals surface area contributed by atoms with E-state index in [2.05, 4.69) is 0 Å². The lowest BCUT2D eigenvalue weighted by Crippen LogP contribution is -2.45. The standard InChI is InChI=1S/C16H18N2O6/c1-8(2)14(15(21)18-16(17)22)24-13(20)5-9-7-23-12-6-10(19)3-4-11(9)12/h3-4,6-8,14,19H,5H2,1-2H3,(H3,17,18,21,22)/t14-/m1/s1. The van der Waals surface area contributed by atoms with Crippen LogP contribution in [0, 0.1) is 5.92 Å². The molecule has 0 fully saturated rings. The van der Waals surface area contributed by atoms with Crippen LogP contribution in [0.1, 0.15) is 19.4 Å². The quantitative estimate of drug-likeness (QED) is 0.709. The van der Waals surface area contributed by atoms with Gasteiger partial charge in [-0.25, -0.2) is 4.79 Å². The van der Waals surface area contributed by atoms with Crippen molar-refractivity contribution in [3.8, 4) is 5.75 Å². The number of esters is 1. The second-order valence-corrected chi connectivity index (χ2v) is 5.63. The lowest BCUT2D eigenvalue weighted by Gasteiger charge is -2.19. The van der Waals surface area contributed by atoms with Crippen LogP contribution in [0.4, 0.5) is 4.79 Å². The molecule has 0 saturated heterocycles. The molecular weight excluding hydrogens is 316 g/mol. The highest BCUT2D eigenvalue weighted by Gasteiger charge is 2.27. The lowest BCUT2D eigenvalue weighted by atomic mass is 10.1. The van der Waals surface area contributed by atoms with E-state index in [9.17, 15) is 19.5 Å². The van der Waals surface area contributed by atoms with Crippen molar-refractivity contribution in [2.45, 2.75) is 26.4 Å². The zero-order valence-corrected chi connectivity index (χ0v) is 13.2. The Hall–Kier alpha value is -3.03. The summed E-state index contributed by atoms with van der Waals surface area (Å²) in [6.07, 6.45) is 0.136. The minimum atomic E-state index is -1.13. The first kappa shape index (κ1) is 17.3. The number of benzene rings is 1. The summed E-state index contributed by atoms with van der Waals surface area (Å²) in [5.74, 6) is -1.71. The van der Waals surface area contributed by atoms with Crippen LogP contribution in [0.3, 0.4) is 0 Å². The van der Waals surface area contributed by atoms with Crippen LogP contribution in [0.25, 0.3) is 11.0 Å². The Balaban J connectivity index is 2.10. The van der Waals surface area contributed by atoms with Crippen LogP contribution in [0.2, 0.25) is 0 Å². The lowest BCUT2D eigenvalue weighted by molar-refractivity contribution is -0.157. The topological polar surface area (TPSA) is 132 Å². The van der Waals surface area contributed by atoms with Gasteiger partial charge in [0.05, 0.1) is 12.7 Å². The fraction of sp³-hybridized carbons (Fsp3) is 0.312. The highest BCUT2D eigenvalue weighted by molar-refractivity contribution is 5.97. The number of fused-ring (bicyclic) bond motifs is 1. The number of nitrogens with one attached hydrogen (secondary N) is 1. The molecule has 24 heavy (non-hydrogen) atoms. The Kier molecular flexibility index (Phi) is 5.08. The molecule has 1 atom stereocenters. The van der Waals surface area contributed by atoms with Gasteiger partial charge in [0.15, 0.2) is 6.10 Å². The van der Waals surface area contributed by atoms with E-state index in [4.69, 9.17) is 14.9 Å². The molecule has 0 saturated carbocycles. The summed E-state index contributed by atoms with van der Waals surface area (Å²) in [4.78, 5) is 34.7. The molecule has 0 aliphatic carbocycles. The Labute approximate surface area is 137 Å². The number of nitrogens with two attached hydrogens (primary N) is 1. The van der Waals surface area contributed by atoms with Gasteiger partial charge in [0, 0.05) is 17.0 Å². The summed E-state index contributed by atoms with van der Waals surface area (Å²) >= 11 is 0. The predicted molar refractivity (Wildman–Crippen MR) is 84.0 cm³/mol. The summed E-state index contributed by atoms with van der Waals surface area (Å²) in [7, 11) is 0. The highest BCUT2D eigenvalue weighted by atomic mass is 16.5. The van der Waals surface area contributed by atoms with Crippen LogP contribution < -0.4 is 11.1 Å². The summed E-state index contributed by atoms with van der Waals surface area (Å²) in [5.41, 5.74) is 5.90. The Morgan fingerprint density at radius 3 is 2.67 bits per heavy atom. The Morgan fingerprint density at radius 2 is 2.04 bits per heavy atom. The summed E-state index contributed by atoms with van der Waals surface area (Å²) in [6, 6.07) is 3.52. The maximum atomic E-state index is 12.1. The second-order valence-electron chi connectivity index (χ2n) is 5.63. The molecule has 0 spiro atoms. The smallest absolute Gasteiger partial charge is 0.318 e. The van der Waals surface area contributed by atoms with Crippen molar-refractivity contribution in [3.63, 3.8) is 0 Å². The van der Waals surface area contributed by atoms with Crippen molar-refractivity contribution >= 4 is 28.9 Å². The van der Waals surface area contributed by atoms with Crippen LogP contribution >= 0.6 is 0 Å². The van der Waals surface area contributed by atoms with Crippen molar-refractivity contribution in [2.24, 2.45) is 11.7 Å². The number of aromatic hydroxyl groups is 1. The van der Waals surface area contributed by atoms with E-state index in [1.807, 2.05) is 5.32 Å². The molecule has 0 aliphatic heterocycles. The number of primary amides is 1. The summed E-state index contributed by atoms with van der Waals surface area (Å²) in [5, 5.41) is 12.0. The van der Waals surface area contributed by atoms with Crippen LogP contribution in [0.15, 0.2) is 28.9 Å². The van der Waals surface area contributed by atoms with E-state index in [0.717, 1.165) is 0 Å². The van der Waals surface area contributed by atoms with Gasteiger partial charge >= 0.3 is 12.0 Å². The molecule has 8 nitrogen and oxygen atoms in total. The zero-order chi connectivity index (χ0) is 17.9. The molecule has 3 amide bonds. The first-order valence-corrected chi connectivity index (χ1v) is 7.26. The van der Waals surface area contributed by atoms with Gasteiger partial charge in [-0.3, -0.25) is 14.9 Å². The normalized spacial score (nSPS) is 12.1. The van der Waals surface area contributed by atoms with Crippen molar-refractivity contribution in [2.75, 3.05) is 0 Å². The summed E-state index contributed by atoms with van der Waals surface area (Å²) < 4.78 is 10.4. The van der Waals surface area contributed by atoms with Crippen LogP contribution in [-0.2, 0) is 20.7 Å². The minimum absolute atomic E-state index is 0.0500. The van der Waals surface area contributed by atoms with Crippen molar-refractivity contribution in [1.82, 2.24) is 5.32 Å². The number of ether oxygens (including phenoxy) is 1. The van der Waals surface area contributed by atoms with Gasteiger partial charge in [-0.1, -0.05) is 13.8 Å². The van der Waals surface area contributed by atoms with E-state index >= 15 is 0 Å². The molecule has 1 aromatic heterocycles. The van der Waals surface area contributed by atoms with Gasteiger partial charge in [0.1, 0.15) is 11.3 Å². The van der Waals surface area contributed by atoms with E-state index in [1.165, 1.54) is 18.4 Å². The molecule has 128 valence electrons. The van der Waals surface area contributed by atoms with E-state index in [0.29, 0.717) is 16.5 Å².